The van der Waals surface area contributed by atoms with Gasteiger partial charge in [-0.3, -0.25) is 0 Å². The molecule has 15 heavy (non-hydrogen) atoms. The van der Waals surface area contributed by atoms with Gasteiger partial charge in [0.05, 0.1) is 11.7 Å². The normalized spacial score (nSPS) is 44.6. The third-order valence-corrected chi connectivity index (χ3v) is 5.55. The van der Waals surface area contributed by atoms with Crippen LogP contribution in [-0.2, 0) is 4.74 Å². The van der Waals surface area contributed by atoms with E-state index in [0.29, 0.717) is 6.10 Å². The highest BCUT2D eigenvalue weighted by Gasteiger charge is 2.59. The maximum Gasteiger partial charge on any atom is 0.0821 e. The van der Waals surface area contributed by atoms with E-state index in [1.165, 1.54) is 12.2 Å². The van der Waals surface area contributed by atoms with Crippen molar-refractivity contribution >= 4 is 11.8 Å². The van der Waals surface area contributed by atoms with Crippen molar-refractivity contribution in [3.05, 3.63) is 0 Å². The van der Waals surface area contributed by atoms with Gasteiger partial charge in [-0.1, -0.05) is 27.7 Å². The van der Waals surface area contributed by atoms with Gasteiger partial charge >= 0.3 is 0 Å². The Bertz CT molecular complexity index is 239. The molecule has 0 spiro atoms. The Kier molecular flexibility index (Phi) is 3.11. The van der Waals surface area contributed by atoms with Gasteiger partial charge in [0.2, 0.25) is 0 Å². The molecule has 2 saturated heterocycles. The molecular formula is C13H24OS. The Labute approximate surface area is 98.3 Å². The Morgan fingerprint density at radius 3 is 2.47 bits per heavy atom. The maximum atomic E-state index is 6.31. The van der Waals surface area contributed by atoms with Crippen LogP contribution in [0.5, 0.6) is 0 Å². The summed E-state index contributed by atoms with van der Waals surface area (Å²) in [6, 6.07) is 0. The standard InChI is InChI=1S/C13H24OS/c1-8(2)6-13-7-15-12(10(5)14-13)11(13)9(3)4/h8-12H,6-7H2,1-5H3. The van der Waals surface area contributed by atoms with Crippen molar-refractivity contribution in [2.45, 2.75) is 58.0 Å². The summed E-state index contributed by atoms with van der Waals surface area (Å²) < 4.78 is 6.31. The molecule has 4 atom stereocenters. The molecule has 0 aliphatic carbocycles. The fourth-order valence-electron chi connectivity index (χ4n) is 3.63. The summed E-state index contributed by atoms with van der Waals surface area (Å²) in [5, 5.41) is 0.753. The van der Waals surface area contributed by atoms with Gasteiger partial charge in [-0.05, 0) is 25.2 Å². The lowest BCUT2D eigenvalue weighted by molar-refractivity contribution is -0.0563. The van der Waals surface area contributed by atoms with E-state index >= 15 is 0 Å². The van der Waals surface area contributed by atoms with E-state index in [0.717, 1.165) is 23.0 Å². The van der Waals surface area contributed by atoms with Crippen LogP contribution in [0.25, 0.3) is 0 Å². The molecule has 0 radical (unpaired) electrons. The number of fused-ring (bicyclic) bond motifs is 2. The first-order valence-corrected chi connectivity index (χ1v) is 7.30. The Hall–Kier alpha value is 0.310. The molecular weight excluding hydrogens is 204 g/mol. The third kappa shape index (κ3) is 1.84. The summed E-state index contributed by atoms with van der Waals surface area (Å²) in [6.07, 6.45) is 1.71. The van der Waals surface area contributed by atoms with Crippen LogP contribution in [0, 0.1) is 17.8 Å². The SMILES string of the molecule is CC(C)CC12CSC(C(C)O1)C2C(C)C. The van der Waals surface area contributed by atoms with Gasteiger partial charge < -0.3 is 4.74 Å². The first-order valence-electron chi connectivity index (χ1n) is 6.25. The van der Waals surface area contributed by atoms with Crippen LogP contribution in [0.1, 0.15) is 41.0 Å². The molecule has 2 heteroatoms. The Balaban J connectivity index is 2.21. The van der Waals surface area contributed by atoms with E-state index < -0.39 is 0 Å². The number of hydrogen-bond acceptors (Lipinski definition) is 2. The average Bonchev–Trinajstić information content (AvgIpc) is 2.53. The molecule has 1 nitrogen and oxygen atoms in total. The molecule has 88 valence electrons. The molecule has 2 fully saturated rings. The molecule has 2 bridgehead atoms. The minimum Gasteiger partial charge on any atom is -0.370 e. The monoisotopic (exact) mass is 228 g/mol. The lowest BCUT2D eigenvalue weighted by Gasteiger charge is -2.34. The molecule has 0 aromatic heterocycles. The second-order valence-electron chi connectivity index (χ2n) is 6.03. The lowest BCUT2D eigenvalue weighted by Crippen LogP contribution is -2.40. The second-order valence-corrected chi connectivity index (χ2v) is 7.20. The first-order chi connectivity index (χ1) is 6.96. The van der Waals surface area contributed by atoms with Gasteiger partial charge in [-0.15, -0.1) is 0 Å². The highest BCUT2D eigenvalue weighted by molar-refractivity contribution is 8.00. The van der Waals surface area contributed by atoms with E-state index in [4.69, 9.17) is 4.74 Å². The molecule has 0 amide bonds. The number of hydrogen-bond donors (Lipinski definition) is 0. The zero-order valence-electron chi connectivity index (χ0n) is 10.6. The average molecular weight is 228 g/mol. The summed E-state index contributed by atoms with van der Waals surface area (Å²) in [5.41, 5.74) is 0.205. The van der Waals surface area contributed by atoms with E-state index in [9.17, 15) is 0 Å². The summed E-state index contributed by atoms with van der Waals surface area (Å²) in [4.78, 5) is 0. The second kappa shape index (κ2) is 3.96. The van der Waals surface area contributed by atoms with Crippen LogP contribution < -0.4 is 0 Å². The van der Waals surface area contributed by atoms with Gasteiger partial charge in [0.1, 0.15) is 0 Å². The molecule has 0 aromatic carbocycles. The van der Waals surface area contributed by atoms with Crippen LogP contribution in [0.4, 0.5) is 0 Å². The fourth-order valence-corrected chi connectivity index (χ4v) is 5.58. The summed E-state index contributed by atoms with van der Waals surface area (Å²) in [5.74, 6) is 3.51. The zero-order valence-corrected chi connectivity index (χ0v) is 11.4. The predicted octanol–water partition coefficient (Wildman–Crippen LogP) is 3.58. The minimum atomic E-state index is 0.205. The lowest BCUT2D eigenvalue weighted by atomic mass is 9.76. The largest absolute Gasteiger partial charge is 0.370 e. The predicted molar refractivity (Wildman–Crippen MR) is 67.3 cm³/mol. The molecule has 4 unspecified atom stereocenters. The van der Waals surface area contributed by atoms with Crippen molar-refractivity contribution in [2.24, 2.45) is 17.8 Å². The molecule has 2 aliphatic rings. The van der Waals surface area contributed by atoms with Gasteiger partial charge in [0.15, 0.2) is 0 Å². The van der Waals surface area contributed by atoms with E-state index in [-0.39, 0.29) is 5.60 Å². The summed E-state index contributed by atoms with van der Waals surface area (Å²) in [7, 11) is 0. The van der Waals surface area contributed by atoms with Crippen molar-refractivity contribution in [2.75, 3.05) is 5.75 Å². The Morgan fingerprint density at radius 1 is 1.33 bits per heavy atom. The van der Waals surface area contributed by atoms with Crippen molar-refractivity contribution in [3.63, 3.8) is 0 Å². The summed E-state index contributed by atoms with van der Waals surface area (Å²) >= 11 is 2.15. The van der Waals surface area contributed by atoms with Crippen molar-refractivity contribution in [3.8, 4) is 0 Å². The molecule has 0 N–H and O–H groups in total. The van der Waals surface area contributed by atoms with Crippen LogP contribution >= 0.6 is 11.8 Å². The highest BCUT2D eigenvalue weighted by atomic mass is 32.2. The molecule has 2 heterocycles. The van der Waals surface area contributed by atoms with Crippen LogP contribution in [0.2, 0.25) is 0 Å². The van der Waals surface area contributed by atoms with Crippen LogP contribution in [-0.4, -0.2) is 22.7 Å². The topological polar surface area (TPSA) is 9.23 Å². The number of thioether (sulfide) groups is 1. The quantitative estimate of drug-likeness (QED) is 0.730. The zero-order chi connectivity index (χ0) is 11.2. The smallest absolute Gasteiger partial charge is 0.0821 e. The minimum absolute atomic E-state index is 0.205. The van der Waals surface area contributed by atoms with E-state index in [1.54, 1.807) is 0 Å². The van der Waals surface area contributed by atoms with E-state index in [2.05, 4.69) is 46.4 Å². The van der Waals surface area contributed by atoms with Crippen molar-refractivity contribution in [1.82, 2.24) is 0 Å². The third-order valence-electron chi connectivity index (χ3n) is 3.84. The first kappa shape index (κ1) is 11.8. The fraction of sp³-hybridized carbons (Fsp3) is 1.00. The van der Waals surface area contributed by atoms with Gasteiger partial charge in [-0.2, -0.15) is 11.8 Å². The van der Waals surface area contributed by atoms with Gasteiger partial charge in [0, 0.05) is 16.9 Å². The van der Waals surface area contributed by atoms with Crippen molar-refractivity contribution in [1.29, 1.82) is 0 Å². The molecule has 0 aromatic rings. The summed E-state index contributed by atoms with van der Waals surface area (Å²) in [6.45, 7) is 11.6. The van der Waals surface area contributed by atoms with Crippen molar-refractivity contribution < 1.29 is 4.74 Å². The van der Waals surface area contributed by atoms with Crippen LogP contribution in [0.15, 0.2) is 0 Å². The Morgan fingerprint density at radius 2 is 2.00 bits per heavy atom. The van der Waals surface area contributed by atoms with E-state index in [1.807, 2.05) is 0 Å². The highest BCUT2D eigenvalue weighted by Crippen LogP contribution is 2.56. The maximum absolute atomic E-state index is 6.31. The molecule has 2 aliphatic heterocycles. The number of ether oxygens (including phenoxy) is 1. The van der Waals surface area contributed by atoms with Gasteiger partial charge in [-0.25, -0.2) is 0 Å². The molecule has 0 saturated carbocycles. The van der Waals surface area contributed by atoms with Gasteiger partial charge in [0.25, 0.3) is 0 Å². The van der Waals surface area contributed by atoms with Crippen LogP contribution in [0.3, 0.4) is 0 Å². The molecule has 2 rings (SSSR count). The number of rotatable bonds is 3.